The highest BCUT2D eigenvalue weighted by atomic mass is 79.9. The lowest BCUT2D eigenvalue weighted by Crippen LogP contribution is -2.54. The molecule has 0 N–H and O–H groups in total. The number of ether oxygens (including phenoxy) is 2. The maximum Gasteiger partial charge on any atom is 0.248 e. The van der Waals surface area contributed by atoms with Gasteiger partial charge in [0.2, 0.25) is 15.9 Å². The molecule has 3 aliphatic rings. The highest BCUT2D eigenvalue weighted by Gasteiger charge is 2.36. The molecule has 1 amide bonds. The van der Waals surface area contributed by atoms with Gasteiger partial charge in [0.05, 0.1) is 30.8 Å². The molecule has 3 fully saturated rings. The van der Waals surface area contributed by atoms with Crippen LogP contribution in [0.4, 0.5) is 4.39 Å². The zero-order valence-corrected chi connectivity index (χ0v) is 22.5. The van der Waals surface area contributed by atoms with Gasteiger partial charge >= 0.3 is 0 Å². The summed E-state index contributed by atoms with van der Waals surface area (Å²) in [5.74, 6) is -0.608. The van der Waals surface area contributed by atoms with E-state index in [1.165, 1.54) is 23.2 Å². The van der Waals surface area contributed by atoms with E-state index in [0.717, 1.165) is 38.3 Å². The summed E-state index contributed by atoms with van der Waals surface area (Å²) >= 11 is 3.15. The van der Waals surface area contributed by atoms with Gasteiger partial charge in [-0.15, -0.1) is 0 Å². The molecular weight excluding hydrogens is 543 g/mol. The zero-order valence-electron chi connectivity index (χ0n) is 20.1. The number of carbonyl (C=O) groups excluding carboxylic acids is 1. The van der Waals surface area contributed by atoms with E-state index in [1.54, 1.807) is 0 Å². The van der Waals surface area contributed by atoms with Gasteiger partial charge in [-0.1, -0.05) is 0 Å². The van der Waals surface area contributed by atoms with Crippen molar-refractivity contribution < 1.29 is 27.1 Å². The average Bonchev–Trinajstić information content (AvgIpc) is 2.84. The van der Waals surface area contributed by atoms with Gasteiger partial charge < -0.3 is 19.3 Å². The number of carbonyl (C=O) groups is 1. The van der Waals surface area contributed by atoms with E-state index in [-0.39, 0.29) is 48.2 Å². The Bertz CT molecular complexity index is 984. The van der Waals surface area contributed by atoms with E-state index < -0.39 is 21.9 Å². The summed E-state index contributed by atoms with van der Waals surface area (Å²) in [6.45, 7) is 5.87. The average molecular weight is 578 g/mol. The summed E-state index contributed by atoms with van der Waals surface area (Å²) < 4.78 is 52.6. The first-order valence-electron chi connectivity index (χ1n) is 12.1. The molecule has 9 nitrogen and oxygen atoms in total. The van der Waals surface area contributed by atoms with Crippen molar-refractivity contribution in [1.29, 1.82) is 0 Å². The second-order valence-corrected chi connectivity index (χ2v) is 12.1. The SMILES string of the molecule is CN1CCC(N2CCN(C(=O)COCC3COCCN3S(=O)(=O)c3ccc(F)cc3Br)CC2)CC1. The van der Waals surface area contributed by atoms with Crippen LogP contribution in [0.25, 0.3) is 0 Å². The lowest BCUT2D eigenvalue weighted by atomic mass is 10.0. The summed E-state index contributed by atoms with van der Waals surface area (Å²) in [7, 11) is -1.74. The standard InChI is InChI=1S/C23H34BrFN4O5S/c1-26-6-4-19(5-7-26)27-8-10-28(11-9-27)23(30)17-34-16-20-15-33-13-12-29(20)35(31,32)22-3-2-18(25)14-21(22)24/h2-3,14,19-20H,4-13,15-17H2,1H3. The minimum absolute atomic E-state index is 0.00985. The highest BCUT2D eigenvalue weighted by Crippen LogP contribution is 2.28. The lowest BCUT2D eigenvalue weighted by molar-refractivity contribution is -0.139. The molecule has 196 valence electrons. The molecule has 1 unspecified atom stereocenters. The van der Waals surface area contributed by atoms with E-state index in [0.29, 0.717) is 19.1 Å². The third-order valence-electron chi connectivity index (χ3n) is 7.06. The zero-order chi connectivity index (χ0) is 25.0. The Morgan fingerprint density at radius 2 is 1.86 bits per heavy atom. The van der Waals surface area contributed by atoms with Crippen molar-refractivity contribution in [3.8, 4) is 0 Å². The Labute approximate surface area is 215 Å². The molecule has 12 heteroatoms. The van der Waals surface area contributed by atoms with Crippen molar-refractivity contribution in [3.63, 3.8) is 0 Å². The third-order valence-corrected chi connectivity index (χ3v) is 9.99. The fraction of sp³-hybridized carbons (Fsp3) is 0.696. The number of halogens is 2. The number of morpholine rings is 1. The molecule has 0 aromatic heterocycles. The summed E-state index contributed by atoms with van der Waals surface area (Å²) in [5.41, 5.74) is 0. The smallest absolute Gasteiger partial charge is 0.248 e. The van der Waals surface area contributed by atoms with E-state index in [2.05, 4.69) is 32.8 Å². The van der Waals surface area contributed by atoms with Gasteiger partial charge in [-0.05, 0) is 67.1 Å². The van der Waals surface area contributed by atoms with Crippen LogP contribution in [0.1, 0.15) is 12.8 Å². The summed E-state index contributed by atoms with van der Waals surface area (Å²) in [6.07, 6.45) is 2.34. The first-order valence-corrected chi connectivity index (χ1v) is 14.3. The predicted octanol–water partition coefficient (Wildman–Crippen LogP) is 1.23. The van der Waals surface area contributed by atoms with Crippen LogP contribution in [0, 0.1) is 5.82 Å². The van der Waals surface area contributed by atoms with Gasteiger partial charge in [-0.25, -0.2) is 12.8 Å². The van der Waals surface area contributed by atoms with Crippen molar-refractivity contribution in [2.24, 2.45) is 0 Å². The molecule has 35 heavy (non-hydrogen) atoms. The van der Waals surface area contributed by atoms with Crippen molar-refractivity contribution in [2.45, 2.75) is 29.8 Å². The maximum absolute atomic E-state index is 13.5. The minimum atomic E-state index is -3.89. The Morgan fingerprint density at radius 3 is 2.54 bits per heavy atom. The van der Waals surface area contributed by atoms with E-state index >= 15 is 0 Å². The number of nitrogens with zero attached hydrogens (tertiary/aromatic N) is 4. The number of benzene rings is 1. The number of hydrogen-bond acceptors (Lipinski definition) is 7. The first kappa shape index (κ1) is 26.9. The van der Waals surface area contributed by atoms with Gasteiger partial charge in [-0.3, -0.25) is 9.69 Å². The van der Waals surface area contributed by atoms with Crippen LogP contribution in [0.3, 0.4) is 0 Å². The van der Waals surface area contributed by atoms with Crippen LogP contribution >= 0.6 is 15.9 Å². The van der Waals surface area contributed by atoms with Crippen LogP contribution in [0.5, 0.6) is 0 Å². The molecule has 0 radical (unpaired) electrons. The predicted molar refractivity (Wildman–Crippen MR) is 132 cm³/mol. The van der Waals surface area contributed by atoms with Crippen LogP contribution in [-0.4, -0.2) is 125 Å². The summed E-state index contributed by atoms with van der Waals surface area (Å²) in [4.78, 5) is 19.4. The van der Waals surface area contributed by atoms with Crippen LogP contribution < -0.4 is 0 Å². The molecular formula is C23H34BrFN4O5S. The Kier molecular flexibility index (Phi) is 9.17. The fourth-order valence-electron chi connectivity index (χ4n) is 4.97. The topological polar surface area (TPSA) is 82.6 Å². The van der Waals surface area contributed by atoms with Crippen molar-refractivity contribution in [3.05, 3.63) is 28.5 Å². The van der Waals surface area contributed by atoms with Crippen molar-refractivity contribution in [1.82, 2.24) is 19.0 Å². The highest BCUT2D eigenvalue weighted by molar-refractivity contribution is 9.10. The normalized spacial score (nSPS) is 24.1. The largest absolute Gasteiger partial charge is 0.378 e. The van der Waals surface area contributed by atoms with Crippen LogP contribution in [0.15, 0.2) is 27.6 Å². The van der Waals surface area contributed by atoms with Gasteiger partial charge in [0.25, 0.3) is 0 Å². The number of likely N-dealkylation sites (tertiary alicyclic amines) is 1. The second-order valence-electron chi connectivity index (χ2n) is 9.39. The number of piperazine rings is 1. The van der Waals surface area contributed by atoms with Crippen molar-refractivity contribution in [2.75, 3.05) is 79.3 Å². The summed E-state index contributed by atoms with van der Waals surface area (Å²) in [5, 5.41) is 0. The van der Waals surface area contributed by atoms with Gasteiger partial charge in [0.1, 0.15) is 12.4 Å². The molecule has 0 spiro atoms. The van der Waals surface area contributed by atoms with E-state index in [9.17, 15) is 17.6 Å². The molecule has 4 rings (SSSR count). The van der Waals surface area contributed by atoms with Crippen LogP contribution in [0.2, 0.25) is 0 Å². The molecule has 1 atom stereocenters. The second kappa shape index (κ2) is 11.9. The number of piperidine rings is 1. The van der Waals surface area contributed by atoms with Crippen molar-refractivity contribution >= 4 is 31.9 Å². The number of hydrogen-bond donors (Lipinski definition) is 0. The molecule has 0 aliphatic carbocycles. The van der Waals surface area contributed by atoms with Gasteiger partial charge in [0, 0.05) is 43.2 Å². The van der Waals surface area contributed by atoms with Gasteiger partial charge in [0.15, 0.2) is 0 Å². The Balaban J connectivity index is 1.26. The quantitative estimate of drug-likeness (QED) is 0.483. The van der Waals surface area contributed by atoms with Crippen LogP contribution in [-0.2, 0) is 24.3 Å². The lowest BCUT2D eigenvalue weighted by Gasteiger charge is -2.42. The fourth-order valence-corrected chi connectivity index (χ4v) is 7.56. The molecule has 3 heterocycles. The molecule has 3 saturated heterocycles. The monoisotopic (exact) mass is 576 g/mol. The third kappa shape index (κ3) is 6.60. The number of rotatable bonds is 7. The summed E-state index contributed by atoms with van der Waals surface area (Å²) in [6, 6.07) is 3.52. The molecule has 1 aromatic carbocycles. The first-order chi connectivity index (χ1) is 16.8. The molecule has 0 saturated carbocycles. The van der Waals surface area contributed by atoms with Gasteiger partial charge in [-0.2, -0.15) is 4.31 Å². The molecule has 1 aromatic rings. The Hall–Kier alpha value is -1.15. The maximum atomic E-state index is 13.5. The van der Waals surface area contributed by atoms with E-state index in [1.807, 2.05) is 4.90 Å². The Morgan fingerprint density at radius 1 is 1.14 bits per heavy atom. The minimum Gasteiger partial charge on any atom is -0.378 e. The molecule has 3 aliphatic heterocycles. The molecule has 0 bridgehead atoms. The number of amides is 1. The van der Waals surface area contributed by atoms with E-state index in [4.69, 9.17) is 9.47 Å². The number of sulfonamides is 1.